The molecule has 126 valence electrons. The average molecular weight is 336 g/mol. The van der Waals surface area contributed by atoms with Crippen LogP contribution in [0.4, 0.5) is 0 Å². The fourth-order valence-corrected chi connectivity index (χ4v) is 2.28. The number of rotatable bonds is 4. The van der Waals surface area contributed by atoms with E-state index in [0.29, 0.717) is 17.0 Å². The van der Waals surface area contributed by atoms with E-state index in [1.165, 1.54) is 7.11 Å². The molecule has 0 atom stereocenters. The molecule has 7 heteroatoms. The van der Waals surface area contributed by atoms with E-state index in [4.69, 9.17) is 4.74 Å². The molecule has 0 saturated heterocycles. The van der Waals surface area contributed by atoms with Gasteiger partial charge in [-0.1, -0.05) is 42.5 Å². The van der Waals surface area contributed by atoms with Crippen LogP contribution in [-0.2, 0) is 0 Å². The van der Waals surface area contributed by atoms with Gasteiger partial charge in [0.2, 0.25) is 0 Å². The third-order valence-electron chi connectivity index (χ3n) is 3.53. The maximum atomic E-state index is 12.2. The Labute approximate surface area is 144 Å². The minimum absolute atomic E-state index is 0.235. The molecule has 0 unspecified atom stereocenters. The molecule has 0 saturated carbocycles. The van der Waals surface area contributed by atoms with E-state index in [1.54, 1.807) is 30.3 Å². The van der Waals surface area contributed by atoms with Crippen molar-refractivity contribution in [1.29, 1.82) is 0 Å². The van der Waals surface area contributed by atoms with Crippen molar-refractivity contribution in [3.8, 4) is 17.0 Å². The number of nitrogens with one attached hydrogen (secondary N) is 3. The van der Waals surface area contributed by atoms with Crippen molar-refractivity contribution in [2.24, 2.45) is 0 Å². The summed E-state index contributed by atoms with van der Waals surface area (Å²) >= 11 is 0. The molecule has 0 bridgehead atoms. The van der Waals surface area contributed by atoms with Gasteiger partial charge in [0.1, 0.15) is 11.4 Å². The highest BCUT2D eigenvalue weighted by molar-refractivity contribution is 6.00. The van der Waals surface area contributed by atoms with E-state index in [-0.39, 0.29) is 5.69 Å². The molecule has 3 aromatic rings. The van der Waals surface area contributed by atoms with Crippen LogP contribution < -0.4 is 15.6 Å². The number of H-pyrrole nitrogens is 1. The van der Waals surface area contributed by atoms with Crippen molar-refractivity contribution in [1.82, 2.24) is 21.0 Å². The van der Waals surface area contributed by atoms with Gasteiger partial charge in [0, 0.05) is 5.56 Å². The number of hydrazine groups is 1. The van der Waals surface area contributed by atoms with E-state index in [1.807, 2.05) is 30.3 Å². The molecule has 0 radical (unpaired) electrons. The zero-order valence-corrected chi connectivity index (χ0v) is 13.4. The van der Waals surface area contributed by atoms with E-state index >= 15 is 0 Å². The summed E-state index contributed by atoms with van der Waals surface area (Å²) in [5, 5.41) is 6.75. The number of ether oxygens (including phenoxy) is 1. The molecule has 1 aromatic heterocycles. The number of hydrogen-bond acceptors (Lipinski definition) is 4. The van der Waals surface area contributed by atoms with E-state index < -0.39 is 11.8 Å². The Bertz CT molecular complexity index is 890. The van der Waals surface area contributed by atoms with Crippen LogP contribution in [0.2, 0.25) is 0 Å². The average Bonchev–Trinajstić information content (AvgIpc) is 3.17. The van der Waals surface area contributed by atoms with Crippen LogP contribution in [0.15, 0.2) is 60.7 Å². The van der Waals surface area contributed by atoms with Crippen molar-refractivity contribution < 1.29 is 14.3 Å². The van der Waals surface area contributed by atoms with Crippen LogP contribution in [0, 0.1) is 0 Å². The van der Waals surface area contributed by atoms with E-state index in [0.717, 1.165) is 5.56 Å². The molecule has 1 heterocycles. The van der Waals surface area contributed by atoms with Gasteiger partial charge in [-0.05, 0) is 18.2 Å². The van der Waals surface area contributed by atoms with Crippen LogP contribution in [0.25, 0.3) is 11.3 Å². The molecule has 25 heavy (non-hydrogen) atoms. The molecule has 0 aliphatic carbocycles. The maximum absolute atomic E-state index is 12.2. The van der Waals surface area contributed by atoms with Crippen LogP contribution >= 0.6 is 0 Å². The first-order chi connectivity index (χ1) is 12.2. The Morgan fingerprint density at radius 3 is 2.40 bits per heavy atom. The lowest BCUT2D eigenvalue weighted by atomic mass is 10.1. The molecule has 0 aliphatic rings. The lowest BCUT2D eigenvalue weighted by Gasteiger charge is -2.09. The number of methoxy groups -OCH3 is 1. The van der Waals surface area contributed by atoms with Gasteiger partial charge in [-0.15, -0.1) is 0 Å². The second-order valence-corrected chi connectivity index (χ2v) is 5.14. The predicted molar refractivity (Wildman–Crippen MR) is 92.0 cm³/mol. The zero-order chi connectivity index (χ0) is 17.6. The first-order valence-corrected chi connectivity index (χ1v) is 7.53. The van der Waals surface area contributed by atoms with Gasteiger partial charge in [0.25, 0.3) is 11.8 Å². The van der Waals surface area contributed by atoms with Gasteiger partial charge >= 0.3 is 0 Å². The Kier molecular flexibility index (Phi) is 4.75. The molecule has 2 amide bonds. The Hall–Kier alpha value is -3.61. The van der Waals surface area contributed by atoms with Crippen LogP contribution in [-0.4, -0.2) is 29.1 Å². The summed E-state index contributed by atoms with van der Waals surface area (Å²) in [5.41, 5.74) is 6.78. The molecule has 3 rings (SSSR count). The maximum Gasteiger partial charge on any atom is 0.287 e. The number of hydrogen-bond donors (Lipinski definition) is 3. The summed E-state index contributed by atoms with van der Waals surface area (Å²) in [5.74, 6) is -0.561. The summed E-state index contributed by atoms with van der Waals surface area (Å²) in [6.45, 7) is 0. The lowest BCUT2D eigenvalue weighted by molar-refractivity contribution is 0.0842. The number of benzene rings is 2. The van der Waals surface area contributed by atoms with Gasteiger partial charge < -0.3 is 4.74 Å². The molecular formula is C18H16N4O3. The van der Waals surface area contributed by atoms with Crippen molar-refractivity contribution in [3.63, 3.8) is 0 Å². The largest absolute Gasteiger partial charge is 0.496 e. The molecule has 0 aliphatic heterocycles. The molecule has 0 spiro atoms. The van der Waals surface area contributed by atoms with Crippen LogP contribution in [0.5, 0.6) is 5.75 Å². The third-order valence-corrected chi connectivity index (χ3v) is 3.53. The number of para-hydroxylation sites is 1. The second-order valence-electron chi connectivity index (χ2n) is 5.14. The highest BCUT2D eigenvalue weighted by Gasteiger charge is 2.14. The molecular weight excluding hydrogens is 320 g/mol. The van der Waals surface area contributed by atoms with Crippen molar-refractivity contribution >= 4 is 11.8 Å². The molecule has 0 fully saturated rings. The fourth-order valence-electron chi connectivity index (χ4n) is 2.28. The van der Waals surface area contributed by atoms with Crippen LogP contribution in [0.3, 0.4) is 0 Å². The Morgan fingerprint density at radius 1 is 0.960 bits per heavy atom. The van der Waals surface area contributed by atoms with Gasteiger partial charge in [0.05, 0.1) is 18.4 Å². The lowest BCUT2D eigenvalue weighted by Crippen LogP contribution is -2.41. The van der Waals surface area contributed by atoms with Gasteiger partial charge in [-0.25, -0.2) is 0 Å². The second kappa shape index (κ2) is 7.31. The monoisotopic (exact) mass is 336 g/mol. The summed E-state index contributed by atoms with van der Waals surface area (Å²) < 4.78 is 5.12. The van der Waals surface area contributed by atoms with Crippen molar-refractivity contribution in [2.75, 3.05) is 7.11 Å². The van der Waals surface area contributed by atoms with Crippen LogP contribution in [0.1, 0.15) is 20.8 Å². The minimum atomic E-state index is -0.502. The molecule has 3 N–H and O–H groups in total. The quantitative estimate of drug-likeness (QED) is 0.636. The highest BCUT2D eigenvalue weighted by Crippen LogP contribution is 2.17. The smallest absolute Gasteiger partial charge is 0.287 e. The number of carbonyl (C=O) groups excluding carboxylic acids is 2. The zero-order valence-electron chi connectivity index (χ0n) is 13.4. The standard InChI is InChI=1S/C18H16N4O3/c1-25-16-10-6-5-9-13(16)17(23)21-22-18(24)15-11-14(19-20-15)12-7-3-2-4-8-12/h2-11H,1H3,(H,19,20)(H,21,23)(H,22,24). The van der Waals surface area contributed by atoms with Crippen molar-refractivity contribution in [3.05, 3.63) is 71.9 Å². The van der Waals surface area contributed by atoms with E-state index in [9.17, 15) is 9.59 Å². The Balaban J connectivity index is 1.65. The van der Waals surface area contributed by atoms with E-state index in [2.05, 4.69) is 21.0 Å². The minimum Gasteiger partial charge on any atom is -0.496 e. The SMILES string of the molecule is COc1ccccc1C(=O)NNC(=O)c1cc(-c2ccccc2)n[nH]1. The first-order valence-electron chi connectivity index (χ1n) is 7.53. The number of nitrogens with zero attached hydrogens (tertiary/aromatic N) is 1. The first kappa shape index (κ1) is 16.3. The van der Waals surface area contributed by atoms with Gasteiger partial charge in [0.15, 0.2) is 0 Å². The van der Waals surface area contributed by atoms with Gasteiger partial charge in [-0.3, -0.25) is 25.5 Å². The number of carbonyl (C=O) groups is 2. The normalized spacial score (nSPS) is 10.1. The number of aromatic amines is 1. The number of amides is 2. The Morgan fingerprint density at radius 2 is 1.64 bits per heavy atom. The summed E-state index contributed by atoms with van der Waals surface area (Å²) in [6, 6.07) is 17.8. The topological polar surface area (TPSA) is 96.1 Å². The summed E-state index contributed by atoms with van der Waals surface area (Å²) in [4.78, 5) is 24.3. The summed E-state index contributed by atoms with van der Waals surface area (Å²) in [7, 11) is 1.47. The summed E-state index contributed by atoms with van der Waals surface area (Å²) in [6.07, 6.45) is 0. The predicted octanol–water partition coefficient (Wildman–Crippen LogP) is 2.16. The van der Waals surface area contributed by atoms with Crippen molar-refractivity contribution in [2.45, 2.75) is 0 Å². The molecule has 2 aromatic carbocycles. The van der Waals surface area contributed by atoms with Gasteiger partial charge in [-0.2, -0.15) is 5.10 Å². The fraction of sp³-hybridized carbons (Fsp3) is 0.0556. The number of aromatic nitrogens is 2. The third kappa shape index (κ3) is 3.66. The highest BCUT2D eigenvalue weighted by atomic mass is 16.5. The molecule has 7 nitrogen and oxygen atoms in total.